The van der Waals surface area contributed by atoms with Crippen molar-refractivity contribution in [1.82, 2.24) is 0 Å². The van der Waals surface area contributed by atoms with E-state index in [2.05, 4.69) is 6.58 Å². The van der Waals surface area contributed by atoms with Gasteiger partial charge in [0, 0.05) is 6.08 Å². The average Bonchev–Trinajstić information content (AvgIpc) is 2.49. The number of aliphatic hydroxyl groups excluding tert-OH is 3. The highest BCUT2D eigenvalue weighted by atomic mass is 16.6. The van der Waals surface area contributed by atoms with Crippen molar-refractivity contribution in [3.8, 4) is 0 Å². The van der Waals surface area contributed by atoms with Crippen LogP contribution in [0.4, 0.5) is 0 Å². The molecule has 27 heavy (non-hydrogen) atoms. The summed E-state index contributed by atoms with van der Waals surface area (Å²) in [5, 5.41) is 23.6. The molecule has 3 N–H and O–H groups in total. The first kappa shape index (κ1) is 33.1. The molecule has 0 aliphatic rings. The fraction of sp³-hybridized carbons (Fsp3) is 0.789. The molecule has 0 amide bonds. The van der Waals surface area contributed by atoms with Crippen LogP contribution in [0.1, 0.15) is 55.4 Å². The molecule has 0 radical (unpaired) electrons. The zero-order valence-electron chi connectivity index (χ0n) is 16.9. The third kappa shape index (κ3) is 40.5. The van der Waals surface area contributed by atoms with Gasteiger partial charge in [-0.1, -0.05) is 14.0 Å². The van der Waals surface area contributed by atoms with Crippen molar-refractivity contribution in [3.63, 3.8) is 0 Å². The van der Waals surface area contributed by atoms with E-state index in [1.54, 1.807) is 0 Å². The summed E-state index contributed by atoms with van der Waals surface area (Å²) < 4.78 is 14.8. The second kappa shape index (κ2) is 19.3. The summed E-state index contributed by atoms with van der Waals surface area (Å²) in [6.45, 7) is 14.5. The average molecular weight is 397 g/mol. The van der Waals surface area contributed by atoms with Gasteiger partial charge in [-0.3, -0.25) is 4.79 Å². The molecule has 0 heterocycles. The molecule has 0 aromatic carbocycles. The van der Waals surface area contributed by atoms with Crippen molar-refractivity contribution >= 4 is 11.9 Å². The summed E-state index contributed by atoms with van der Waals surface area (Å²) >= 11 is 0. The van der Waals surface area contributed by atoms with E-state index in [-0.39, 0.29) is 52.2 Å². The number of ether oxygens (including phenoxy) is 3. The molecule has 0 spiro atoms. The molecule has 0 aromatic rings. The molecule has 8 heteroatoms. The summed E-state index contributed by atoms with van der Waals surface area (Å²) in [6.07, 6.45) is 1.39. The Kier molecular flexibility index (Phi) is 23.7. The van der Waals surface area contributed by atoms with E-state index < -0.39 is 11.2 Å². The minimum atomic E-state index is -0.436. The third-order valence-electron chi connectivity index (χ3n) is 1.78. The predicted molar refractivity (Wildman–Crippen MR) is 105 cm³/mol. The summed E-state index contributed by atoms with van der Waals surface area (Å²) in [7, 11) is 0. The van der Waals surface area contributed by atoms with Crippen LogP contribution in [-0.4, -0.2) is 71.5 Å². The number of hydrogen-bond acceptors (Lipinski definition) is 8. The van der Waals surface area contributed by atoms with E-state index in [1.807, 2.05) is 41.5 Å². The molecule has 0 atom stereocenters. The van der Waals surface area contributed by atoms with Crippen molar-refractivity contribution in [3.05, 3.63) is 12.7 Å². The summed E-state index contributed by atoms with van der Waals surface area (Å²) in [6, 6.07) is 0. The lowest BCUT2D eigenvalue weighted by Gasteiger charge is -2.19. The van der Waals surface area contributed by atoms with Gasteiger partial charge >= 0.3 is 11.9 Å². The van der Waals surface area contributed by atoms with Crippen LogP contribution < -0.4 is 0 Å². The Bertz CT molecular complexity index is 365. The lowest BCUT2D eigenvalue weighted by atomic mass is 10.2. The lowest BCUT2D eigenvalue weighted by Crippen LogP contribution is -2.24. The Morgan fingerprint density at radius 3 is 1.56 bits per heavy atom. The van der Waals surface area contributed by atoms with Gasteiger partial charge in [-0.15, -0.1) is 0 Å². The van der Waals surface area contributed by atoms with Gasteiger partial charge in [0.05, 0.1) is 39.5 Å². The number of rotatable bonds is 7. The number of esters is 2. The standard InChI is InChI=1S/C9H18O4.C7H12O2.C2H6O2.CH4/c1-9(2,3)13-8(11)4-6-12-7-5-10;1-5-6(8)9-7(2,3)4;3-1-2-4;/h10H,4-7H2,1-3H3;5H,1H2,2-4H3;3-4H,1-2H2;1H4. The van der Waals surface area contributed by atoms with E-state index >= 15 is 0 Å². The third-order valence-corrected chi connectivity index (χ3v) is 1.78. The number of aliphatic hydroxyl groups is 3. The van der Waals surface area contributed by atoms with E-state index in [0.717, 1.165) is 6.08 Å². The van der Waals surface area contributed by atoms with Gasteiger partial charge in [0.25, 0.3) is 0 Å². The monoisotopic (exact) mass is 396 g/mol. The van der Waals surface area contributed by atoms with Gasteiger partial charge in [0.2, 0.25) is 0 Å². The minimum Gasteiger partial charge on any atom is -0.460 e. The molecule has 164 valence electrons. The van der Waals surface area contributed by atoms with Gasteiger partial charge in [-0.05, 0) is 41.5 Å². The normalized spacial score (nSPS) is 10.1. The van der Waals surface area contributed by atoms with Crippen molar-refractivity contribution in [2.45, 2.75) is 66.6 Å². The van der Waals surface area contributed by atoms with E-state index in [1.165, 1.54) is 0 Å². The van der Waals surface area contributed by atoms with Crippen LogP contribution in [0.3, 0.4) is 0 Å². The van der Waals surface area contributed by atoms with E-state index in [4.69, 9.17) is 29.5 Å². The van der Waals surface area contributed by atoms with Crippen LogP contribution in [0, 0.1) is 0 Å². The summed E-state index contributed by atoms with van der Waals surface area (Å²) in [5.74, 6) is -0.645. The number of carbonyl (C=O) groups excluding carboxylic acids is 2. The molecule has 8 nitrogen and oxygen atoms in total. The number of hydrogen-bond donors (Lipinski definition) is 3. The van der Waals surface area contributed by atoms with Gasteiger partial charge in [-0.25, -0.2) is 4.79 Å². The maximum absolute atomic E-state index is 11.1. The van der Waals surface area contributed by atoms with Crippen molar-refractivity contribution < 1.29 is 39.1 Å². The lowest BCUT2D eigenvalue weighted by molar-refractivity contribution is -0.156. The molecule has 0 saturated heterocycles. The van der Waals surface area contributed by atoms with Crippen LogP contribution in [0.15, 0.2) is 12.7 Å². The Morgan fingerprint density at radius 1 is 0.852 bits per heavy atom. The first-order valence-electron chi connectivity index (χ1n) is 8.30. The molecule has 0 aromatic heterocycles. The topological polar surface area (TPSA) is 123 Å². The van der Waals surface area contributed by atoms with Crippen LogP contribution >= 0.6 is 0 Å². The number of carbonyl (C=O) groups is 2. The molecular formula is C19H40O8. The van der Waals surface area contributed by atoms with Crippen LogP contribution in [0.2, 0.25) is 0 Å². The molecule has 0 aliphatic heterocycles. The largest absolute Gasteiger partial charge is 0.460 e. The maximum atomic E-state index is 11.1. The minimum absolute atomic E-state index is 0. The molecule has 0 rings (SSSR count). The molecule has 0 aliphatic carbocycles. The fourth-order valence-corrected chi connectivity index (χ4v) is 1.06. The SMILES string of the molecule is C.C=CC(=O)OC(C)(C)C.CC(C)(C)OC(=O)CCOCCO.OCCO. The highest BCUT2D eigenvalue weighted by molar-refractivity contribution is 5.81. The van der Waals surface area contributed by atoms with Crippen molar-refractivity contribution in [1.29, 1.82) is 0 Å². The zero-order valence-corrected chi connectivity index (χ0v) is 16.9. The Balaban J connectivity index is -0.000000165. The predicted octanol–water partition coefficient (Wildman–Crippen LogP) is 1.85. The Morgan fingerprint density at radius 2 is 1.30 bits per heavy atom. The Labute approximate surface area is 164 Å². The quantitative estimate of drug-likeness (QED) is 0.338. The smallest absolute Gasteiger partial charge is 0.330 e. The molecule has 0 fully saturated rings. The highest BCUT2D eigenvalue weighted by Gasteiger charge is 2.15. The van der Waals surface area contributed by atoms with Crippen molar-refractivity contribution in [2.24, 2.45) is 0 Å². The molecule has 0 bridgehead atoms. The van der Waals surface area contributed by atoms with Gasteiger partial charge < -0.3 is 29.5 Å². The van der Waals surface area contributed by atoms with Gasteiger partial charge in [0.1, 0.15) is 11.2 Å². The second-order valence-corrected chi connectivity index (χ2v) is 6.86. The highest BCUT2D eigenvalue weighted by Crippen LogP contribution is 2.08. The zero-order chi connectivity index (χ0) is 21.2. The van der Waals surface area contributed by atoms with Gasteiger partial charge in [-0.2, -0.15) is 0 Å². The van der Waals surface area contributed by atoms with E-state index in [9.17, 15) is 9.59 Å². The van der Waals surface area contributed by atoms with Crippen molar-refractivity contribution in [2.75, 3.05) is 33.0 Å². The van der Waals surface area contributed by atoms with Crippen LogP contribution in [0.25, 0.3) is 0 Å². The fourth-order valence-electron chi connectivity index (χ4n) is 1.06. The summed E-state index contributed by atoms with van der Waals surface area (Å²) in [4.78, 5) is 21.5. The Hall–Kier alpha value is -1.48. The first-order chi connectivity index (χ1) is 11.8. The molecule has 0 saturated carbocycles. The van der Waals surface area contributed by atoms with Crippen LogP contribution in [-0.2, 0) is 23.8 Å². The summed E-state index contributed by atoms with van der Waals surface area (Å²) in [5.41, 5.74) is -0.834. The van der Waals surface area contributed by atoms with Crippen LogP contribution in [0.5, 0.6) is 0 Å². The van der Waals surface area contributed by atoms with E-state index in [0.29, 0.717) is 6.61 Å². The molecule has 0 unspecified atom stereocenters. The maximum Gasteiger partial charge on any atom is 0.330 e. The second-order valence-electron chi connectivity index (χ2n) is 6.86. The first-order valence-corrected chi connectivity index (χ1v) is 8.30. The van der Waals surface area contributed by atoms with Gasteiger partial charge in [0.15, 0.2) is 0 Å². The molecular weight excluding hydrogens is 356 g/mol.